The van der Waals surface area contributed by atoms with Crippen molar-refractivity contribution < 1.29 is 9.59 Å². The largest absolute Gasteiger partial charge is 0.338 e. The average Bonchev–Trinajstić information content (AvgIpc) is 2.61. The molecule has 0 radical (unpaired) electrons. The van der Waals surface area contributed by atoms with E-state index in [1.54, 1.807) is 29.2 Å². The fraction of sp³-hybridized carbons (Fsp3) is 0.263. The van der Waals surface area contributed by atoms with E-state index in [0.29, 0.717) is 23.7 Å². The minimum Gasteiger partial charge on any atom is -0.338 e. The van der Waals surface area contributed by atoms with E-state index in [4.69, 9.17) is 11.6 Å². The van der Waals surface area contributed by atoms with Crippen molar-refractivity contribution in [1.29, 1.82) is 0 Å². The van der Waals surface area contributed by atoms with Crippen LogP contribution in [0.4, 0.5) is 0 Å². The first-order valence-corrected chi connectivity index (χ1v) is 8.17. The van der Waals surface area contributed by atoms with Crippen molar-refractivity contribution >= 4 is 23.3 Å². The minimum absolute atomic E-state index is 0.0574. The molecule has 3 rings (SSSR count). The van der Waals surface area contributed by atoms with E-state index in [-0.39, 0.29) is 17.6 Å². The SMILES string of the molecule is O=C(c1ccccc1)C1CCCN(C(=O)c2cccc(Cl)c2)C1. The van der Waals surface area contributed by atoms with Crippen molar-refractivity contribution in [2.24, 2.45) is 5.92 Å². The molecule has 1 fully saturated rings. The first-order chi connectivity index (χ1) is 11.1. The highest BCUT2D eigenvalue weighted by atomic mass is 35.5. The number of nitrogens with zero attached hydrogens (tertiary/aromatic N) is 1. The van der Waals surface area contributed by atoms with Crippen molar-refractivity contribution in [3.05, 3.63) is 70.7 Å². The summed E-state index contributed by atoms with van der Waals surface area (Å²) in [5.41, 5.74) is 1.29. The van der Waals surface area contributed by atoms with Crippen LogP contribution in [-0.2, 0) is 0 Å². The zero-order valence-electron chi connectivity index (χ0n) is 12.7. The lowest BCUT2D eigenvalue weighted by Crippen LogP contribution is -2.42. The van der Waals surface area contributed by atoms with Gasteiger partial charge in [0.1, 0.15) is 0 Å². The maximum absolute atomic E-state index is 12.6. The maximum atomic E-state index is 12.6. The van der Waals surface area contributed by atoms with Crippen LogP contribution in [0.25, 0.3) is 0 Å². The Hall–Kier alpha value is -2.13. The molecule has 1 aliphatic rings. The standard InChI is InChI=1S/C19H18ClNO2/c20-17-10-4-8-15(12-17)19(23)21-11-5-9-16(13-21)18(22)14-6-2-1-3-7-14/h1-4,6-8,10,12,16H,5,9,11,13H2. The predicted octanol–water partition coefficient (Wildman–Crippen LogP) is 4.08. The van der Waals surface area contributed by atoms with Gasteiger partial charge in [-0.1, -0.05) is 48.0 Å². The number of Topliss-reactive ketones (excluding diaryl/α,β-unsaturated/α-hetero) is 1. The monoisotopic (exact) mass is 327 g/mol. The summed E-state index contributed by atoms with van der Waals surface area (Å²) >= 11 is 5.96. The molecule has 1 unspecified atom stereocenters. The van der Waals surface area contributed by atoms with Gasteiger partial charge in [0.05, 0.1) is 0 Å². The first-order valence-electron chi connectivity index (χ1n) is 7.79. The molecule has 0 aromatic heterocycles. The lowest BCUT2D eigenvalue weighted by molar-refractivity contribution is 0.0637. The number of amides is 1. The van der Waals surface area contributed by atoms with Crippen LogP contribution in [0.15, 0.2) is 54.6 Å². The van der Waals surface area contributed by atoms with E-state index in [9.17, 15) is 9.59 Å². The second-order valence-corrected chi connectivity index (χ2v) is 6.27. The molecule has 0 aliphatic carbocycles. The van der Waals surface area contributed by atoms with E-state index in [1.807, 2.05) is 30.3 Å². The molecule has 1 amide bonds. The Labute approximate surface area is 140 Å². The van der Waals surface area contributed by atoms with Gasteiger partial charge >= 0.3 is 0 Å². The molecule has 2 aromatic carbocycles. The van der Waals surface area contributed by atoms with Crippen molar-refractivity contribution in [2.45, 2.75) is 12.8 Å². The second kappa shape index (κ2) is 6.97. The van der Waals surface area contributed by atoms with Crippen molar-refractivity contribution in [1.82, 2.24) is 4.90 Å². The molecule has 1 heterocycles. The third kappa shape index (κ3) is 3.62. The van der Waals surface area contributed by atoms with Gasteiger partial charge in [0.25, 0.3) is 5.91 Å². The number of halogens is 1. The summed E-state index contributed by atoms with van der Waals surface area (Å²) in [6.07, 6.45) is 1.67. The molecule has 3 nitrogen and oxygen atoms in total. The fourth-order valence-corrected chi connectivity index (χ4v) is 3.21. The van der Waals surface area contributed by atoms with Crippen molar-refractivity contribution in [3.63, 3.8) is 0 Å². The Kier molecular flexibility index (Phi) is 4.77. The molecule has 2 aromatic rings. The van der Waals surface area contributed by atoms with Gasteiger partial charge in [-0.3, -0.25) is 9.59 Å². The number of benzene rings is 2. The topological polar surface area (TPSA) is 37.4 Å². The molecule has 0 saturated carbocycles. The van der Waals surface area contributed by atoms with Crippen LogP contribution in [0, 0.1) is 5.92 Å². The first kappa shape index (κ1) is 15.8. The lowest BCUT2D eigenvalue weighted by Gasteiger charge is -2.32. The van der Waals surface area contributed by atoms with Crippen LogP contribution in [0.1, 0.15) is 33.6 Å². The van der Waals surface area contributed by atoms with E-state index in [2.05, 4.69) is 0 Å². The molecule has 118 valence electrons. The molecule has 1 saturated heterocycles. The number of carbonyl (C=O) groups excluding carboxylic acids is 2. The van der Waals surface area contributed by atoms with E-state index >= 15 is 0 Å². The maximum Gasteiger partial charge on any atom is 0.253 e. The van der Waals surface area contributed by atoms with Gasteiger partial charge in [0.2, 0.25) is 0 Å². The van der Waals surface area contributed by atoms with Gasteiger partial charge in [-0.2, -0.15) is 0 Å². The summed E-state index contributed by atoms with van der Waals surface area (Å²) in [4.78, 5) is 27.0. The third-order valence-electron chi connectivity index (χ3n) is 4.21. The Morgan fingerprint density at radius 2 is 1.74 bits per heavy atom. The van der Waals surface area contributed by atoms with Crippen LogP contribution in [0.3, 0.4) is 0 Å². The van der Waals surface area contributed by atoms with Crippen LogP contribution >= 0.6 is 11.6 Å². The summed E-state index contributed by atoms with van der Waals surface area (Å²) in [5, 5.41) is 0.546. The van der Waals surface area contributed by atoms with Gasteiger partial charge in [-0.05, 0) is 31.0 Å². The molecule has 0 spiro atoms. The highest BCUT2D eigenvalue weighted by Gasteiger charge is 2.29. The summed E-state index contributed by atoms with van der Waals surface area (Å²) in [5.74, 6) is -0.0680. The highest BCUT2D eigenvalue weighted by Crippen LogP contribution is 2.23. The number of rotatable bonds is 3. The number of carbonyl (C=O) groups is 2. The van der Waals surface area contributed by atoms with Crippen molar-refractivity contribution in [3.8, 4) is 0 Å². The van der Waals surface area contributed by atoms with Gasteiger partial charge in [0, 0.05) is 35.2 Å². The summed E-state index contributed by atoms with van der Waals surface area (Å²) in [6, 6.07) is 16.2. The van der Waals surface area contributed by atoms with Gasteiger partial charge in [0.15, 0.2) is 5.78 Å². The van der Waals surface area contributed by atoms with Crippen LogP contribution in [-0.4, -0.2) is 29.7 Å². The van der Waals surface area contributed by atoms with Gasteiger partial charge < -0.3 is 4.90 Å². The number of hydrogen-bond acceptors (Lipinski definition) is 2. The third-order valence-corrected chi connectivity index (χ3v) is 4.44. The molecular weight excluding hydrogens is 310 g/mol. The predicted molar refractivity (Wildman–Crippen MR) is 90.9 cm³/mol. The van der Waals surface area contributed by atoms with Crippen LogP contribution in [0.2, 0.25) is 5.02 Å². The summed E-state index contributed by atoms with van der Waals surface area (Å²) < 4.78 is 0. The number of hydrogen-bond donors (Lipinski definition) is 0. The number of likely N-dealkylation sites (tertiary alicyclic amines) is 1. The fourth-order valence-electron chi connectivity index (χ4n) is 3.02. The van der Waals surface area contributed by atoms with E-state index < -0.39 is 0 Å². The molecule has 1 aliphatic heterocycles. The van der Waals surface area contributed by atoms with Crippen LogP contribution in [0.5, 0.6) is 0 Å². The second-order valence-electron chi connectivity index (χ2n) is 5.83. The van der Waals surface area contributed by atoms with Crippen LogP contribution < -0.4 is 0 Å². The zero-order chi connectivity index (χ0) is 16.2. The average molecular weight is 328 g/mol. The lowest BCUT2D eigenvalue weighted by atomic mass is 9.89. The molecule has 0 bridgehead atoms. The summed E-state index contributed by atoms with van der Waals surface area (Å²) in [7, 11) is 0. The van der Waals surface area contributed by atoms with E-state index in [1.165, 1.54) is 0 Å². The Morgan fingerprint density at radius 1 is 1.00 bits per heavy atom. The van der Waals surface area contributed by atoms with Gasteiger partial charge in [-0.15, -0.1) is 0 Å². The molecule has 1 atom stereocenters. The smallest absolute Gasteiger partial charge is 0.253 e. The Balaban J connectivity index is 1.73. The highest BCUT2D eigenvalue weighted by molar-refractivity contribution is 6.30. The molecule has 4 heteroatoms. The number of ketones is 1. The molecule has 0 N–H and O–H groups in total. The molecular formula is C19H18ClNO2. The quantitative estimate of drug-likeness (QED) is 0.797. The summed E-state index contributed by atoms with van der Waals surface area (Å²) in [6.45, 7) is 1.16. The van der Waals surface area contributed by atoms with Crippen molar-refractivity contribution in [2.75, 3.05) is 13.1 Å². The Bertz CT molecular complexity index is 714. The normalized spacial score (nSPS) is 17.8. The number of piperidine rings is 1. The molecule has 23 heavy (non-hydrogen) atoms. The van der Waals surface area contributed by atoms with Gasteiger partial charge in [-0.25, -0.2) is 0 Å². The van der Waals surface area contributed by atoms with E-state index in [0.717, 1.165) is 18.4 Å². The zero-order valence-corrected chi connectivity index (χ0v) is 13.5. The minimum atomic E-state index is -0.130. The Morgan fingerprint density at radius 3 is 2.48 bits per heavy atom.